The summed E-state index contributed by atoms with van der Waals surface area (Å²) in [6.07, 6.45) is 0. The van der Waals surface area contributed by atoms with E-state index in [2.05, 4.69) is 5.32 Å². The van der Waals surface area contributed by atoms with Gasteiger partial charge in [0.25, 0.3) is 5.91 Å². The summed E-state index contributed by atoms with van der Waals surface area (Å²) in [6, 6.07) is 9.94. The molecular weight excluding hydrogens is 328 g/mol. The Morgan fingerprint density at radius 3 is 2.27 bits per heavy atom. The monoisotopic (exact) mass is 356 g/mol. The zero-order valence-corrected chi connectivity index (χ0v) is 16.4. The normalized spacial score (nSPS) is 12.1. The van der Waals surface area contributed by atoms with Gasteiger partial charge in [-0.1, -0.05) is 31.5 Å². The molecule has 5 heteroatoms. The van der Waals surface area contributed by atoms with E-state index in [1.807, 2.05) is 70.4 Å². The molecule has 0 saturated carbocycles. The van der Waals surface area contributed by atoms with Crippen molar-refractivity contribution in [2.24, 2.45) is 5.92 Å². The molecule has 0 bridgehead atoms. The summed E-state index contributed by atoms with van der Waals surface area (Å²) in [5.74, 6) is -0.446. The lowest BCUT2D eigenvalue weighted by molar-refractivity contribution is -0.125. The fourth-order valence-electron chi connectivity index (χ4n) is 2.73. The molecule has 1 amide bonds. The van der Waals surface area contributed by atoms with E-state index in [1.54, 1.807) is 6.07 Å². The van der Waals surface area contributed by atoms with Crippen LogP contribution >= 0.6 is 0 Å². The molecule has 0 spiro atoms. The predicted octanol–water partition coefficient (Wildman–Crippen LogP) is 3.72. The first-order valence-electron chi connectivity index (χ1n) is 8.93. The van der Waals surface area contributed by atoms with Crippen LogP contribution in [0, 0.1) is 26.7 Å². The molecule has 1 atom stereocenters. The number of aryl methyl sites for hydroxylation is 2. The average Bonchev–Trinajstić information content (AvgIpc) is 2.88. The van der Waals surface area contributed by atoms with Gasteiger partial charge in [-0.05, 0) is 51.8 Å². The topological polar surface area (TPSA) is 60.3 Å². The molecule has 0 radical (unpaired) electrons. The Morgan fingerprint density at radius 1 is 1.08 bits per heavy atom. The molecule has 0 fully saturated rings. The van der Waals surface area contributed by atoms with E-state index in [4.69, 9.17) is 4.74 Å². The number of ether oxygens (including phenoxy) is 1. The van der Waals surface area contributed by atoms with E-state index in [9.17, 15) is 9.59 Å². The number of carbonyl (C=O) groups is 2. The minimum atomic E-state index is -0.483. The average molecular weight is 356 g/mol. The number of benzene rings is 1. The van der Waals surface area contributed by atoms with E-state index < -0.39 is 5.97 Å². The Morgan fingerprint density at radius 2 is 1.69 bits per heavy atom. The van der Waals surface area contributed by atoms with Crippen molar-refractivity contribution >= 4 is 11.9 Å². The fraction of sp³-hybridized carbons (Fsp3) is 0.429. The second kappa shape index (κ2) is 8.21. The van der Waals surface area contributed by atoms with E-state index in [1.165, 1.54) is 5.56 Å². The van der Waals surface area contributed by atoms with Gasteiger partial charge in [-0.3, -0.25) is 4.79 Å². The van der Waals surface area contributed by atoms with Gasteiger partial charge in [-0.2, -0.15) is 0 Å². The van der Waals surface area contributed by atoms with E-state index >= 15 is 0 Å². The lowest BCUT2D eigenvalue weighted by Gasteiger charge is -2.17. The van der Waals surface area contributed by atoms with Crippen molar-refractivity contribution in [2.45, 2.75) is 47.6 Å². The van der Waals surface area contributed by atoms with Crippen molar-refractivity contribution in [3.8, 4) is 5.69 Å². The summed E-state index contributed by atoms with van der Waals surface area (Å²) >= 11 is 0. The molecule has 1 aromatic carbocycles. The molecule has 1 N–H and O–H groups in total. The number of hydrogen-bond donors (Lipinski definition) is 1. The third kappa shape index (κ3) is 4.54. The number of nitrogens with zero attached hydrogens (tertiary/aromatic N) is 1. The van der Waals surface area contributed by atoms with Gasteiger partial charge in [0.15, 0.2) is 6.61 Å². The maximum Gasteiger partial charge on any atom is 0.340 e. The number of hydrogen-bond acceptors (Lipinski definition) is 3. The molecule has 2 aromatic rings. The molecule has 0 unspecified atom stereocenters. The van der Waals surface area contributed by atoms with Crippen LogP contribution in [0.4, 0.5) is 0 Å². The Bertz CT molecular complexity index is 788. The lowest BCUT2D eigenvalue weighted by Crippen LogP contribution is -2.38. The Kier molecular flexibility index (Phi) is 6.24. The molecule has 26 heavy (non-hydrogen) atoms. The highest BCUT2D eigenvalue weighted by molar-refractivity contribution is 5.93. The Hall–Kier alpha value is -2.56. The molecule has 2 rings (SSSR count). The fourth-order valence-corrected chi connectivity index (χ4v) is 2.73. The molecule has 5 nitrogen and oxygen atoms in total. The van der Waals surface area contributed by atoms with Crippen LogP contribution in [0.2, 0.25) is 0 Å². The van der Waals surface area contributed by atoms with Gasteiger partial charge < -0.3 is 14.6 Å². The largest absolute Gasteiger partial charge is 0.452 e. The quantitative estimate of drug-likeness (QED) is 0.803. The second-order valence-corrected chi connectivity index (χ2v) is 7.13. The molecule has 0 aliphatic heterocycles. The van der Waals surface area contributed by atoms with E-state index in [0.717, 1.165) is 17.1 Å². The van der Waals surface area contributed by atoms with E-state index in [0.29, 0.717) is 11.5 Å². The van der Waals surface area contributed by atoms with Crippen LogP contribution in [0.15, 0.2) is 30.3 Å². The number of amides is 1. The molecule has 0 saturated heterocycles. The molecule has 1 heterocycles. The van der Waals surface area contributed by atoms with Crippen LogP contribution in [-0.4, -0.2) is 29.1 Å². The van der Waals surface area contributed by atoms with Crippen LogP contribution in [-0.2, 0) is 9.53 Å². The van der Waals surface area contributed by atoms with Crippen LogP contribution < -0.4 is 5.32 Å². The molecular formula is C21H28N2O3. The van der Waals surface area contributed by atoms with Crippen LogP contribution in [0.1, 0.15) is 48.1 Å². The van der Waals surface area contributed by atoms with Crippen LogP contribution in [0.25, 0.3) is 5.69 Å². The summed E-state index contributed by atoms with van der Waals surface area (Å²) in [5.41, 5.74) is 4.39. The maximum absolute atomic E-state index is 12.4. The molecule has 0 aliphatic rings. The van der Waals surface area contributed by atoms with Crippen molar-refractivity contribution in [2.75, 3.05) is 6.61 Å². The number of nitrogens with one attached hydrogen (secondary N) is 1. The molecule has 1 aromatic heterocycles. The Labute approximate surface area is 155 Å². The first-order chi connectivity index (χ1) is 12.2. The van der Waals surface area contributed by atoms with Gasteiger partial charge in [-0.15, -0.1) is 0 Å². The standard InChI is InChI=1S/C21H28N2O3/c1-13(2)16(5)22-20(24)12-26-21(25)19-11-15(4)23(17(19)6)18-9-7-14(3)8-10-18/h7-11,13,16H,12H2,1-6H3,(H,22,24)/t16-/m0/s1. The van der Waals surface area contributed by atoms with Crippen LogP contribution in [0.5, 0.6) is 0 Å². The smallest absolute Gasteiger partial charge is 0.340 e. The third-order valence-electron chi connectivity index (χ3n) is 4.67. The van der Waals surface area contributed by atoms with Crippen molar-refractivity contribution in [3.63, 3.8) is 0 Å². The highest BCUT2D eigenvalue weighted by Crippen LogP contribution is 2.21. The van der Waals surface area contributed by atoms with Gasteiger partial charge >= 0.3 is 5.97 Å². The van der Waals surface area contributed by atoms with Crippen molar-refractivity contribution in [3.05, 3.63) is 52.8 Å². The minimum Gasteiger partial charge on any atom is -0.452 e. The van der Waals surface area contributed by atoms with Crippen molar-refractivity contribution < 1.29 is 14.3 Å². The second-order valence-electron chi connectivity index (χ2n) is 7.13. The summed E-state index contributed by atoms with van der Waals surface area (Å²) in [6.45, 7) is 11.6. The van der Waals surface area contributed by atoms with Gasteiger partial charge in [0.05, 0.1) is 5.56 Å². The summed E-state index contributed by atoms with van der Waals surface area (Å²) in [5, 5.41) is 2.83. The number of rotatable bonds is 6. The highest BCUT2D eigenvalue weighted by Gasteiger charge is 2.19. The third-order valence-corrected chi connectivity index (χ3v) is 4.67. The minimum absolute atomic E-state index is 0.0350. The number of esters is 1. The van der Waals surface area contributed by atoms with Gasteiger partial charge in [-0.25, -0.2) is 4.79 Å². The summed E-state index contributed by atoms with van der Waals surface area (Å²) in [4.78, 5) is 24.3. The SMILES string of the molecule is Cc1ccc(-n2c(C)cc(C(=O)OCC(=O)N[C@@H](C)C(C)C)c2C)cc1. The molecule has 140 valence electrons. The van der Waals surface area contributed by atoms with Crippen LogP contribution in [0.3, 0.4) is 0 Å². The zero-order chi connectivity index (χ0) is 19.4. The highest BCUT2D eigenvalue weighted by atomic mass is 16.5. The molecule has 0 aliphatic carbocycles. The maximum atomic E-state index is 12.4. The summed E-state index contributed by atoms with van der Waals surface area (Å²) in [7, 11) is 0. The number of carbonyl (C=O) groups excluding carboxylic acids is 2. The summed E-state index contributed by atoms with van der Waals surface area (Å²) < 4.78 is 7.22. The Balaban J connectivity index is 2.09. The zero-order valence-electron chi connectivity index (χ0n) is 16.4. The van der Waals surface area contributed by atoms with Crippen molar-refractivity contribution in [1.29, 1.82) is 0 Å². The van der Waals surface area contributed by atoms with Gasteiger partial charge in [0.2, 0.25) is 0 Å². The number of aromatic nitrogens is 1. The first-order valence-corrected chi connectivity index (χ1v) is 8.93. The van der Waals surface area contributed by atoms with Gasteiger partial charge in [0, 0.05) is 23.1 Å². The van der Waals surface area contributed by atoms with E-state index in [-0.39, 0.29) is 18.6 Å². The predicted molar refractivity (Wildman–Crippen MR) is 103 cm³/mol. The lowest BCUT2D eigenvalue weighted by atomic mass is 10.1. The first kappa shape index (κ1) is 19.8. The van der Waals surface area contributed by atoms with Gasteiger partial charge in [0.1, 0.15) is 0 Å². The van der Waals surface area contributed by atoms with Crippen molar-refractivity contribution in [1.82, 2.24) is 9.88 Å².